The number of carbonyl (C=O) groups is 3. The highest BCUT2D eigenvalue weighted by molar-refractivity contribution is 14.1. The predicted octanol–water partition coefficient (Wildman–Crippen LogP) is 3.18. The molecule has 0 unspecified atom stereocenters. The number of benzene rings is 1. The zero-order valence-corrected chi connectivity index (χ0v) is 15.7. The lowest BCUT2D eigenvalue weighted by Crippen LogP contribution is -2.22. The molecule has 0 spiro atoms. The molecule has 1 fully saturated rings. The van der Waals surface area contributed by atoms with E-state index in [0.717, 1.165) is 16.7 Å². The van der Waals surface area contributed by atoms with Gasteiger partial charge in [0.25, 0.3) is 11.1 Å². The highest BCUT2D eigenvalue weighted by atomic mass is 127. The summed E-state index contributed by atoms with van der Waals surface area (Å²) >= 11 is 6.21. The largest absolute Gasteiger partial charge is 0.480 e. The average molecular weight is 498 g/mol. The highest BCUT2D eigenvalue weighted by Crippen LogP contribution is 2.35. The first-order chi connectivity index (χ1) is 10.3. The van der Waals surface area contributed by atoms with Crippen molar-refractivity contribution in [1.29, 1.82) is 0 Å². The van der Waals surface area contributed by atoms with Crippen LogP contribution in [0.5, 0.6) is 5.75 Å². The monoisotopic (exact) mass is 497 g/mol. The third-order valence-electron chi connectivity index (χ3n) is 2.64. The minimum Gasteiger partial charge on any atom is -0.480 e. The van der Waals surface area contributed by atoms with E-state index in [0.29, 0.717) is 24.3 Å². The standard InChI is InChI=1S/C13H9BrINO5S/c1-16-12(19)9(22-13(16)20)4-6-2-7(14)11(8(15)3-6)21-5-10(17)18/h2-4H,5H2,1H3,(H,17,18)/b9-4-. The first-order valence-electron chi connectivity index (χ1n) is 5.85. The van der Waals surface area contributed by atoms with E-state index >= 15 is 0 Å². The molecule has 0 bridgehead atoms. The first-order valence-corrected chi connectivity index (χ1v) is 8.53. The molecule has 0 aromatic heterocycles. The van der Waals surface area contributed by atoms with E-state index < -0.39 is 12.6 Å². The van der Waals surface area contributed by atoms with E-state index in [1.807, 2.05) is 22.6 Å². The van der Waals surface area contributed by atoms with E-state index in [1.54, 1.807) is 18.2 Å². The fourth-order valence-electron chi connectivity index (χ4n) is 1.63. The summed E-state index contributed by atoms with van der Waals surface area (Å²) < 4.78 is 6.46. The summed E-state index contributed by atoms with van der Waals surface area (Å²) in [5.41, 5.74) is 0.706. The maximum absolute atomic E-state index is 11.8. The van der Waals surface area contributed by atoms with Gasteiger partial charge in [0, 0.05) is 7.05 Å². The molecule has 6 nitrogen and oxygen atoms in total. The lowest BCUT2D eigenvalue weighted by atomic mass is 10.2. The van der Waals surface area contributed by atoms with Crippen LogP contribution in [-0.4, -0.2) is 40.8 Å². The molecule has 0 saturated carbocycles. The number of carboxylic acid groups (broad SMARTS) is 1. The number of rotatable bonds is 4. The summed E-state index contributed by atoms with van der Waals surface area (Å²) in [5, 5.41) is 8.34. The van der Waals surface area contributed by atoms with E-state index in [1.165, 1.54) is 7.05 Å². The summed E-state index contributed by atoms with van der Waals surface area (Å²) in [7, 11) is 1.43. The van der Waals surface area contributed by atoms with Gasteiger partial charge in [-0.1, -0.05) is 0 Å². The molecule has 1 aromatic carbocycles. The van der Waals surface area contributed by atoms with E-state index in [2.05, 4.69) is 15.9 Å². The number of ether oxygens (including phenoxy) is 1. The van der Waals surface area contributed by atoms with Crippen LogP contribution in [0.15, 0.2) is 21.5 Å². The molecule has 2 rings (SSSR count). The Morgan fingerprint density at radius 1 is 1.50 bits per heavy atom. The highest BCUT2D eigenvalue weighted by Gasteiger charge is 2.31. The maximum atomic E-state index is 11.8. The van der Waals surface area contributed by atoms with Crippen molar-refractivity contribution in [3.05, 3.63) is 30.6 Å². The number of carboxylic acids is 1. The van der Waals surface area contributed by atoms with Crippen LogP contribution in [0.2, 0.25) is 0 Å². The van der Waals surface area contributed by atoms with Crippen LogP contribution in [0.3, 0.4) is 0 Å². The van der Waals surface area contributed by atoms with E-state index in [9.17, 15) is 14.4 Å². The van der Waals surface area contributed by atoms with Crippen LogP contribution in [0.25, 0.3) is 6.08 Å². The predicted molar refractivity (Wildman–Crippen MR) is 93.7 cm³/mol. The maximum Gasteiger partial charge on any atom is 0.341 e. The molecule has 1 saturated heterocycles. The number of hydrogen-bond acceptors (Lipinski definition) is 5. The lowest BCUT2D eigenvalue weighted by Gasteiger charge is -2.09. The number of thioether (sulfide) groups is 1. The molecular formula is C13H9BrINO5S. The zero-order chi connectivity index (χ0) is 16.4. The normalized spacial score (nSPS) is 16.5. The summed E-state index contributed by atoms with van der Waals surface area (Å²) in [5.74, 6) is -0.987. The number of imide groups is 1. The third kappa shape index (κ3) is 3.82. The smallest absolute Gasteiger partial charge is 0.341 e. The molecule has 116 valence electrons. The van der Waals surface area contributed by atoms with Gasteiger partial charge in [0.05, 0.1) is 12.9 Å². The summed E-state index contributed by atoms with van der Waals surface area (Å²) in [6.07, 6.45) is 1.61. The second-order valence-corrected chi connectivity index (χ2v) is 7.25. The number of halogens is 2. The summed E-state index contributed by atoms with van der Waals surface area (Å²) in [6, 6.07) is 3.44. The number of likely N-dealkylation sites (N-methyl/N-ethyl adjacent to an activating group) is 1. The van der Waals surface area contributed by atoms with Crippen LogP contribution in [0, 0.1) is 3.57 Å². The molecule has 1 heterocycles. The van der Waals surface area contributed by atoms with Crippen molar-refractivity contribution in [3.8, 4) is 5.75 Å². The van der Waals surface area contributed by atoms with Crippen LogP contribution in [0.1, 0.15) is 5.56 Å². The molecule has 0 aliphatic carbocycles. The van der Waals surface area contributed by atoms with Crippen molar-refractivity contribution in [3.63, 3.8) is 0 Å². The van der Waals surface area contributed by atoms with Gasteiger partial charge in [-0.25, -0.2) is 4.79 Å². The second kappa shape index (κ2) is 7.01. The second-order valence-electron chi connectivity index (χ2n) is 4.24. The molecule has 1 aliphatic heterocycles. The van der Waals surface area contributed by atoms with Crippen molar-refractivity contribution in [2.75, 3.05) is 13.7 Å². The number of nitrogens with zero attached hydrogens (tertiary/aromatic N) is 1. The van der Waals surface area contributed by atoms with Gasteiger partial charge in [0.15, 0.2) is 6.61 Å². The Balaban J connectivity index is 2.29. The van der Waals surface area contributed by atoms with Crippen molar-refractivity contribution >= 4 is 73.5 Å². The molecule has 1 aromatic rings. The molecule has 1 aliphatic rings. The molecule has 22 heavy (non-hydrogen) atoms. The van der Waals surface area contributed by atoms with Gasteiger partial charge in [-0.3, -0.25) is 14.5 Å². The molecule has 0 radical (unpaired) electrons. The Kier molecular flexibility index (Phi) is 5.50. The minimum atomic E-state index is -1.07. The first kappa shape index (κ1) is 17.3. The number of aliphatic carboxylic acids is 1. The Hall–Kier alpha value is -1.07. The molecule has 9 heteroatoms. The van der Waals surface area contributed by atoms with Gasteiger partial charge in [0.2, 0.25) is 0 Å². The van der Waals surface area contributed by atoms with Crippen LogP contribution >= 0.6 is 50.3 Å². The van der Waals surface area contributed by atoms with Crippen molar-refractivity contribution in [1.82, 2.24) is 4.90 Å². The van der Waals surface area contributed by atoms with Gasteiger partial charge in [-0.15, -0.1) is 0 Å². The van der Waals surface area contributed by atoms with Gasteiger partial charge in [-0.05, 0) is 74.1 Å². The third-order valence-corrected chi connectivity index (χ3v) is 5.00. The Morgan fingerprint density at radius 2 is 2.18 bits per heavy atom. The van der Waals surface area contributed by atoms with E-state index in [4.69, 9.17) is 9.84 Å². The Bertz CT molecular complexity index is 683. The molecule has 1 N–H and O–H groups in total. The average Bonchev–Trinajstić information content (AvgIpc) is 2.65. The van der Waals surface area contributed by atoms with Crippen molar-refractivity contribution < 1.29 is 24.2 Å². The fraction of sp³-hybridized carbons (Fsp3) is 0.154. The minimum absolute atomic E-state index is 0.313. The molecule has 2 amide bonds. The van der Waals surface area contributed by atoms with Gasteiger partial charge < -0.3 is 9.84 Å². The van der Waals surface area contributed by atoms with Crippen molar-refractivity contribution in [2.24, 2.45) is 0 Å². The quantitative estimate of drug-likeness (QED) is 0.508. The summed E-state index contributed by atoms with van der Waals surface area (Å²) in [6.45, 7) is -0.442. The number of hydrogen-bond donors (Lipinski definition) is 1. The molecule has 0 atom stereocenters. The van der Waals surface area contributed by atoms with Crippen LogP contribution < -0.4 is 4.74 Å². The van der Waals surface area contributed by atoms with Crippen molar-refractivity contribution in [2.45, 2.75) is 0 Å². The topological polar surface area (TPSA) is 83.9 Å². The van der Waals surface area contributed by atoms with Gasteiger partial charge in [-0.2, -0.15) is 0 Å². The van der Waals surface area contributed by atoms with Gasteiger partial charge in [0.1, 0.15) is 5.75 Å². The van der Waals surface area contributed by atoms with Crippen LogP contribution in [0.4, 0.5) is 4.79 Å². The summed E-state index contributed by atoms with van der Waals surface area (Å²) in [4.78, 5) is 35.3. The fourth-order valence-corrected chi connectivity index (χ4v) is 4.23. The Labute approximate surface area is 152 Å². The Morgan fingerprint density at radius 3 is 2.68 bits per heavy atom. The number of carbonyl (C=O) groups excluding carboxylic acids is 2. The zero-order valence-electron chi connectivity index (χ0n) is 11.1. The number of amides is 2. The van der Waals surface area contributed by atoms with Crippen LogP contribution in [-0.2, 0) is 9.59 Å². The lowest BCUT2D eigenvalue weighted by molar-refractivity contribution is -0.139. The van der Waals surface area contributed by atoms with E-state index in [-0.39, 0.29) is 11.1 Å². The molecular weight excluding hydrogens is 489 g/mol. The van der Waals surface area contributed by atoms with Gasteiger partial charge >= 0.3 is 5.97 Å². The SMILES string of the molecule is CN1C(=O)S/C(=C\c2cc(Br)c(OCC(=O)O)c(I)c2)C1=O.